The highest BCUT2D eigenvalue weighted by Gasteiger charge is 2.33. The van der Waals surface area contributed by atoms with Crippen LogP contribution in [0.3, 0.4) is 0 Å². The van der Waals surface area contributed by atoms with E-state index in [0.29, 0.717) is 73.1 Å². The number of rotatable bonds is 5. The summed E-state index contributed by atoms with van der Waals surface area (Å²) in [7, 11) is 0. The molecule has 0 unspecified atom stereocenters. The van der Waals surface area contributed by atoms with Crippen LogP contribution in [-0.4, -0.2) is 58.9 Å². The quantitative estimate of drug-likeness (QED) is 0.390. The van der Waals surface area contributed by atoms with Crippen LogP contribution in [0, 0.1) is 6.92 Å². The number of aromatic nitrogens is 3. The number of hydrogen-bond donors (Lipinski definition) is 1. The van der Waals surface area contributed by atoms with E-state index < -0.39 is 11.7 Å². The maximum Gasteiger partial charge on any atom is 0.415 e. The second-order valence-corrected chi connectivity index (χ2v) is 11.2. The molecular formula is C29H33ClN6O5. The van der Waals surface area contributed by atoms with E-state index in [1.165, 1.54) is 4.90 Å². The number of carbonyl (C=O) groups excluding carboxylic acids is 2. The minimum absolute atomic E-state index is 0.295. The third-order valence-corrected chi connectivity index (χ3v) is 7.01. The Balaban J connectivity index is 1.36. The molecular weight excluding hydrogens is 548 g/mol. The molecule has 5 rings (SSSR count). The summed E-state index contributed by atoms with van der Waals surface area (Å²) in [6.45, 7) is 11.2. The highest BCUT2D eigenvalue weighted by atomic mass is 35.5. The Morgan fingerprint density at radius 1 is 1.17 bits per heavy atom. The summed E-state index contributed by atoms with van der Waals surface area (Å²) in [4.78, 5) is 42.4. The second-order valence-electron chi connectivity index (χ2n) is 10.8. The van der Waals surface area contributed by atoms with Gasteiger partial charge in [0.1, 0.15) is 17.9 Å². The molecule has 0 saturated carbocycles. The molecule has 0 atom stereocenters. The average Bonchev–Trinajstić information content (AvgIpc) is 2.92. The summed E-state index contributed by atoms with van der Waals surface area (Å²) in [6, 6.07) is 5.38. The van der Waals surface area contributed by atoms with Crippen molar-refractivity contribution in [3.63, 3.8) is 0 Å². The lowest BCUT2D eigenvalue weighted by Crippen LogP contribution is -2.42. The van der Waals surface area contributed by atoms with Gasteiger partial charge in [-0.05, 0) is 70.4 Å². The summed E-state index contributed by atoms with van der Waals surface area (Å²) in [5.41, 5.74) is 4.38. The van der Waals surface area contributed by atoms with E-state index in [2.05, 4.69) is 20.2 Å². The molecule has 11 nitrogen and oxygen atoms in total. The van der Waals surface area contributed by atoms with E-state index in [1.807, 2.05) is 40.0 Å². The fourth-order valence-electron chi connectivity index (χ4n) is 4.74. The first-order valence-corrected chi connectivity index (χ1v) is 13.9. The first-order chi connectivity index (χ1) is 19.5. The molecule has 3 aromatic rings. The van der Waals surface area contributed by atoms with E-state index in [-0.39, 0.29) is 5.97 Å². The van der Waals surface area contributed by atoms with E-state index >= 15 is 0 Å². The van der Waals surface area contributed by atoms with E-state index in [4.69, 9.17) is 30.8 Å². The Labute approximate surface area is 243 Å². The predicted octanol–water partition coefficient (Wildman–Crippen LogP) is 5.45. The van der Waals surface area contributed by atoms with Crippen LogP contribution in [0.5, 0.6) is 5.88 Å². The van der Waals surface area contributed by atoms with Crippen LogP contribution < -0.4 is 19.9 Å². The number of ether oxygens (including phenoxy) is 3. The van der Waals surface area contributed by atoms with Crippen LogP contribution >= 0.6 is 11.6 Å². The van der Waals surface area contributed by atoms with Crippen molar-refractivity contribution in [2.24, 2.45) is 0 Å². The maximum atomic E-state index is 13.0. The van der Waals surface area contributed by atoms with Crippen molar-refractivity contribution in [2.45, 2.75) is 53.2 Å². The number of nitrogens with one attached hydrogen (secondary N) is 1. The third kappa shape index (κ3) is 6.14. The van der Waals surface area contributed by atoms with Gasteiger partial charge in [-0.15, -0.1) is 0 Å². The van der Waals surface area contributed by atoms with Crippen molar-refractivity contribution >= 4 is 46.7 Å². The molecule has 0 radical (unpaired) electrons. The molecule has 0 fully saturated rings. The lowest BCUT2D eigenvalue weighted by Gasteiger charge is -2.34. The number of anilines is 4. The third-order valence-electron chi connectivity index (χ3n) is 6.64. The molecule has 0 spiro atoms. The van der Waals surface area contributed by atoms with Crippen molar-refractivity contribution in [3.05, 3.63) is 58.0 Å². The van der Waals surface area contributed by atoms with Gasteiger partial charge in [-0.2, -0.15) is 0 Å². The number of hydrogen-bond acceptors (Lipinski definition) is 10. The van der Waals surface area contributed by atoms with Crippen LogP contribution in [0.25, 0.3) is 0 Å². The van der Waals surface area contributed by atoms with Crippen molar-refractivity contribution in [3.8, 4) is 5.88 Å². The number of aryl methyl sites for hydroxylation is 1. The number of benzene rings is 1. The molecule has 2 aromatic heterocycles. The lowest BCUT2D eigenvalue weighted by atomic mass is 10.1. The summed E-state index contributed by atoms with van der Waals surface area (Å²) in [5, 5.41) is 3.60. The average molecular weight is 581 g/mol. The lowest BCUT2D eigenvalue weighted by molar-refractivity contribution is 0.0523. The van der Waals surface area contributed by atoms with E-state index in [1.54, 1.807) is 25.3 Å². The first kappa shape index (κ1) is 28.4. The Hall–Kier alpha value is -4.12. The SMILES string of the molecule is CCOC(=O)c1ccc(Nc2ncc3c(n2)CN(c2cnc4c(c2Cl)N(C(=O)OC(C)(C)C)CCO4)CC3)cc1C. The minimum Gasteiger partial charge on any atom is -0.474 e. The second kappa shape index (κ2) is 11.4. The molecule has 4 heterocycles. The van der Waals surface area contributed by atoms with Gasteiger partial charge < -0.3 is 24.4 Å². The van der Waals surface area contributed by atoms with Crippen molar-refractivity contribution in [2.75, 3.05) is 41.4 Å². The van der Waals surface area contributed by atoms with Crippen molar-refractivity contribution in [1.82, 2.24) is 15.0 Å². The number of pyridine rings is 1. The molecule has 41 heavy (non-hydrogen) atoms. The predicted molar refractivity (Wildman–Crippen MR) is 156 cm³/mol. The Morgan fingerprint density at radius 3 is 2.71 bits per heavy atom. The highest BCUT2D eigenvalue weighted by molar-refractivity contribution is 6.36. The molecule has 1 N–H and O–H groups in total. The van der Waals surface area contributed by atoms with Gasteiger partial charge in [0.15, 0.2) is 0 Å². The van der Waals surface area contributed by atoms with Gasteiger partial charge in [-0.1, -0.05) is 11.6 Å². The fraction of sp³-hybridized carbons (Fsp3) is 0.414. The van der Waals surface area contributed by atoms with Crippen LogP contribution in [-0.2, 0) is 22.4 Å². The number of nitrogens with zero attached hydrogens (tertiary/aromatic N) is 5. The topological polar surface area (TPSA) is 119 Å². The summed E-state index contributed by atoms with van der Waals surface area (Å²) in [5.74, 6) is 0.386. The van der Waals surface area contributed by atoms with Crippen LogP contribution in [0.2, 0.25) is 5.02 Å². The van der Waals surface area contributed by atoms with Crippen LogP contribution in [0.1, 0.15) is 54.9 Å². The number of esters is 1. The Morgan fingerprint density at radius 2 is 1.98 bits per heavy atom. The summed E-state index contributed by atoms with van der Waals surface area (Å²) < 4.78 is 16.4. The number of amides is 1. The van der Waals surface area contributed by atoms with Gasteiger partial charge in [-0.3, -0.25) is 4.90 Å². The Bertz CT molecular complexity index is 1490. The fourth-order valence-corrected chi connectivity index (χ4v) is 5.09. The minimum atomic E-state index is -0.656. The van der Waals surface area contributed by atoms with Crippen molar-refractivity contribution in [1.29, 1.82) is 0 Å². The molecule has 0 bridgehead atoms. The van der Waals surface area contributed by atoms with Gasteiger partial charge in [0.25, 0.3) is 0 Å². The molecule has 0 aliphatic carbocycles. The standard InChI is InChI=1S/C29H33ClN6O5/c1-6-39-26(37)20-8-7-19(13-17(20)2)33-27-32-14-18-9-10-35(16-21(18)34-27)22-15-31-25-24(23(22)30)36(11-12-40-25)28(38)41-29(3,4)5/h7-8,13-15H,6,9-12,16H2,1-5H3,(H,32,33,34). The van der Waals surface area contributed by atoms with Gasteiger partial charge in [0.05, 0.1) is 47.9 Å². The Kier molecular flexibility index (Phi) is 7.90. The molecule has 0 saturated heterocycles. The molecule has 2 aliphatic heterocycles. The van der Waals surface area contributed by atoms with Gasteiger partial charge in [-0.25, -0.2) is 24.5 Å². The molecule has 12 heteroatoms. The monoisotopic (exact) mass is 580 g/mol. The first-order valence-electron chi connectivity index (χ1n) is 13.5. The number of fused-ring (bicyclic) bond motifs is 2. The highest BCUT2D eigenvalue weighted by Crippen LogP contribution is 2.43. The number of carbonyl (C=O) groups is 2. The van der Waals surface area contributed by atoms with E-state index in [9.17, 15) is 9.59 Å². The van der Waals surface area contributed by atoms with Gasteiger partial charge in [0.2, 0.25) is 11.8 Å². The van der Waals surface area contributed by atoms with Crippen molar-refractivity contribution < 1.29 is 23.8 Å². The largest absolute Gasteiger partial charge is 0.474 e. The molecule has 1 amide bonds. The molecule has 216 valence electrons. The van der Waals surface area contributed by atoms with Gasteiger partial charge >= 0.3 is 12.1 Å². The molecule has 1 aromatic carbocycles. The summed E-state index contributed by atoms with van der Waals surface area (Å²) >= 11 is 6.92. The van der Waals surface area contributed by atoms with Crippen LogP contribution in [0.4, 0.5) is 27.8 Å². The van der Waals surface area contributed by atoms with E-state index in [0.717, 1.165) is 22.5 Å². The summed E-state index contributed by atoms with van der Waals surface area (Å²) in [6.07, 6.45) is 3.70. The normalized spacial score (nSPS) is 14.5. The smallest absolute Gasteiger partial charge is 0.415 e. The maximum absolute atomic E-state index is 13.0. The molecule has 2 aliphatic rings. The van der Waals surface area contributed by atoms with Crippen LogP contribution in [0.15, 0.2) is 30.6 Å². The zero-order valence-corrected chi connectivity index (χ0v) is 24.5. The number of halogens is 1. The zero-order chi connectivity index (χ0) is 29.3. The van der Waals surface area contributed by atoms with Gasteiger partial charge in [0, 0.05) is 18.4 Å². The zero-order valence-electron chi connectivity index (χ0n) is 23.8.